The Morgan fingerprint density at radius 1 is 1.39 bits per heavy atom. The van der Waals surface area contributed by atoms with Crippen molar-refractivity contribution >= 4 is 11.6 Å². The van der Waals surface area contributed by atoms with Crippen LogP contribution in [0.3, 0.4) is 0 Å². The highest BCUT2D eigenvalue weighted by atomic mass is 35.5. The summed E-state index contributed by atoms with van der Waals surface area (Å²) in [4.78, 5) is 4.03. The highest BCUT2D eigenvalue weighted by molar-refractivity contribution is 6.31. The summed E-state index contributed by atoms with van der Waals surface area (Å²) >= 11 is 6.16. The molecule has 1 N–H and O–H groups in total. The first kappa shape index (κ1) is 15.5. The van der Waals surface area contributed by atoms with Crippen molar-refractivity contribution in [1.82, 2.24) is 10.3 Å². The van der Waals surface area contributed by atoms with Crippen molar-refractivity contribution in [3.8, 4) is 0 Å². The van der Waals surface area contributed by atoms with Crippen LogP contribution < -0.4 is 5.32 Å². The van der Waals surface area contributed by atoms with E-state index in [1.54, 1.807) is 6.20 Å². The minimum absolute atomic E-state index is 0.259. The quantitative estimate of drug-likeness (QED) is 0.758. The van der Waals surface area contributed by atoms with E-state index < -0.39 is 0 Å². The fourth-order valence-electron chi connectivity index (χ4n) is 1.97. The van der Waals surface area contributed by atoms with Gasteiger partial charge in [-0.25, -0.2) is 0 Å². The van der Waals surface area contributed by atoms with Crippen LogP contribution in [0, 0.1) is 11.3 Å². The molecular formula is C15H25ClN2. The molecule has 0 bridgehead atoms. The summed E-state index contributed by atoms with van der Waals surface area (Å²) in [7, 11) is 0. The molecule has 1 rings (SSSR count). The zero-order valence-electron chi connectivity index (χ0n) is 12.0. The van der Waals surface area contributed by atoms with Crippen molar-refractivity contribution in [3.63, 3.8) is 0 Å². The van der Waals surface area contributed by atoms with Gasteiger partial charge in [-0.05, 0) is 48.9 Å². The molecule has 0 spiro atoms. The Morgan fingerprint density at radius 2 is 2.11 bits per heavy atom. The van der Waals surface area contributed by atoms with Crippen molar-refractivity contribution in [1.29, 1.82) is 0 Å². The summed E-state index contributed by atoms with van der Waals surface area (Å²) in [6, 6.07) is 2.02. The van der Waals surface area contributed by atoms with Crippen LogP contribution in [0.4, 0.5) is 0 Å². The van der Waals surface area contributed by atoms with Crippen molar-refractivity contribution in [3.05, 3.63) is 29.0 Å². The Bertz CT molecular complexity index is 361. The molecule has 0 aliphatic rings. The standard InChI is InChI=1S/C15H25ClN2/c1-12(2)10-18-8-6-15(3,4)9-13-5-7-17-11-14(13)16/h5,7,11-12,18H,6,8-10H2,1-4H3. The minimum Gasteiger partial charge on any atom is -0.316 e. The first-order valence-electron chi connectivity index (χ1n) is 6.70. The summed E-state index contributed by atoms with van der Waals surface area (Å²) < 4.78 is 0. The van der Waals surface area contributed by atoms with E-state index in [1.165, 1.54) is 5.56 Å². The Hall–Kier alpha value is -0.600. The van der Waals surface area contributed by atoms with Crippen LogP contribution in [-0.2, 0) is 6.42 Å². The molecule has 0 radical (unpaired) electrons. The molecule has 1 heterocycles. The summed E-state index contributed by atoms with van der Waals surface area (Å²) in [5.74, 6) is 0.711. The molecule has 0 amide bonds. The molecule has 1 aromatic rings. The average Bonchev–Trinajstić information content (AvgIpc) is 2.27. The summed E-state index contributed by atoms with van der Waals surface area (Å²) in [6.07, 6.45) is 5.69. The van der Waals surface area contributed by atoms with Gasteiger partial charge < -0.3 is 5.32 Å². The lowest BCUT2D eigenvalue weighted by Crippen LogP contribution is -2.26. The Labute approximate surface area is 116 Å². The second kappa shape index (κ2) is 7.10. The van der Waals surface area contributed by atoms with Gasteiger partial charge >= 0.3 is 0 Å². The normalized spacial score (nSPS) is 12.1. The Kier molecular flexibility index (Phi) is 6.10. The predicted molar refractivity (Wildman–Crippen MR) is 79.1 cm³/mol. The van der Waals surface area contributed by atoms with Crippen LogP contribution in [0.5, 0.6) is 0 Å². The maximum Gasteiger partial charge on any atom is 0.0621 e. The van der Waals surface area contributed by atoms with Crippen molar-refractivity contribution in [2.75, 3.05) is 13.1 Å². The Balaban J connectivity index is 2.42. The number of halogens is 1. The molecule has 102 valence electrons. The van der Waals surface area contributed by atoms with Gasteiger partial charge in [0.05, 0.1) is 5.02 Å². The number of aromatic nitrogens is 1. The third-order valence-electron chi connectivity index (χ3n) is 3.06. The second-order valence-electron chi connectivity index (χ2n) is 6.16. The van der Waals surface area contributed by atoms with Gasteiger partial charge in [0.2, 0.25) is 0 Å². The van der Waals surface area contributed by atoms with E-state index in [2.05, 4.69) is 38.0 Å². The zero-order chi connectivity index (χ0) is 13.6. The van der Waals surface area contributed by atoms with Gasteiger partial charge in [-0.3, -0.25) is 4.98 Å². The van der Waals surface area contributed by atoms with Crippen LogP contribution >= 0.6 is 11.6 Å². The van der Waals surface area contributed by atoms with E-state index >= 15 is 0 Å². The van der Waals surface area contributed by atoms with Crippen molar-refractivity contribution < 1.29 is 0 Å². The molecule has 0 saturated carbocycles. The number of nitrogens with one attached hydrogen (secondary N) is 1. The van der Waals surface area contributed by atoms with Crippen LogP contribution in [0.1, 0.15) is 39.7 Å². The van der Waals surface area contributed by atoms with Crippen LogP contribution in [0.15, 0.2) is 18.5 Å². The van der Waals surface area contributed by atoms with E-state index in [0.717, 1.165) is 31.0 Å². The predicted octanol–water partition coefficient (Wildman–Crippen LogP) is 3.94. The molecule has 3 heteroatoms. The first-order chi connectivity index (χ1) is 8.41. The molecule has 18 heavy (non-hydrogen) atoms. The third-order valence-corrected chi connectivity index (χ3v) is 3.40. The highest BCUT2D eigenvalue weighted by Gasteiger charge is 2.19. The molecule has 0 fully saturated rings. The van der Waals surface area contributed by atoms with Crippen molar-refractivity contribution in [2.45, 2.75) is 40.5 Å². The number of hydrogen-bond acceptors (Lipinski definition) is 2. The average molecular weight is 269 g/mol. The molecule has 1 aromatic heterocycles. The van der Waals surface area contributed by atoms with Gasteiger partial charge in [0.15, 0.2) is 0 Å². The van der Waals surface area contributed by atoms with E-state index in [9.17, 15) is 0 Å². The topological polar surface area (TPSA) is 24.9 Å². The maximum atomic E-state index is 6.16. The molecule has 0 atom stereocenters. The van der Waals surface area contributed by atoms with E-state index in [1.807, 2.05) is 12.3 Å². The fraction of sp³-hybridized carbons (Fsp3) is 0.667. The fourth-order valence-corrected chi connectivity index (χ4v) is 2.15. The number of hydrogen-bond donors (Lipinski definition) is 1. The maximum absolute atomic E-state index is 6.16. The van der Waals surface area contributed by atoms with E-state index in [4.69, 9.17) is 11.6 Å². The molecule has 0 aliphatic carbocycles. The SMILES string of the molecule is CC(C)CNCCC(C)(C)Cc1ccncc1Cl. The molecular weight excluding hydrogens is 244 g/mol. The Morgan fingerprint density at radius 3 is 2.72 bits per heavy atom. The van der Waals surface area contributed by atoms with Gasteiger partial charge in [0.1, 0.15) is 0 Å². The minimum atomic E-state index is 0.259. The van der Waals surface area contributed by atoms with Gasteiger partial charge in [0.25, 0.3) is 0 Å². The monoisotopic (exact) mass is 268 g/mol. The number of rotatable bonds is 7. The number of pyridine rings is 1. The lowest BCUT2D eigenvalue weighted by atomic mass is 9.83. The van der Waals surface area contributed by atoms with Gasteiger partial charge in [-0.15, -0.1) is 0 Å². The molecule has 0 aromatic carbocycles. The largest absolute Gasteiger partial charge is 0.316 e. The van der Waals surface area contributed by atoms with Crippen molar-refractivity contribution in [2.24, 2.45) is 11.3 Å². The molecule has 0 saturated heterocycles. The highest BCUT2D eigenvalue weighted by Crippen LogP contribution is 2.28. The smallest absolute Gasteiger partial charge is 0.0621 e. The summed E-state index contributed by atoms with van der Waals surface area (Å²) in [5.41, 5.74) is 1.45. The lowest BCUT2D eigenvalue weighted by molar-refractivity contribution is 0.322. The van der Waals surface area contributed by atoms with Crippen LogP contribution in [0.2, 0.25) is 5.02 Å². The summed E-state index contributed by atoms with van der Waals surface area (Å²) in [5, 5.41) is 4.27. The van der Waals surface area contributed by atoms with Crippen LogP contribution in [0.25, 0.3) is 0 Å². The molecule has 2 nitrogen and oxygen atoms in total. The third kappa shape index (κ3) is 5.83. The number of nitrogens with zero attached hydrogens (tertiary/aromatic N) is 1. The van der Waals surface area contributed by atoms with Gasteiger partial charge in [0, 0.05) is 12.4 Å². The summed E-state index contributed by atoms with van der Waals surface area (Å²) in [6.45, 7) is 11.2. The van der Waals surface area contributed by atoms with E-state index in [-0.39, 0.29) is 5.41 Å². The molecule has 0 aliphatic heterocycles. The van der Waals surface area contributed by atoms with E-state index in [0.29, 0.717) is 5.92 Å². The zero-order valence-corrected chi connectivity index (χ0v) is 12.7. The van der Waals surface area contributed by atoms with Gasteiger partial charge in [-0.2, -0.15) is 0 Å². The first-order valence-corrected chi connectivity index (χ1v) is 7.07. The molecule has 0 unspecified atom stereocenters. The lowest BCUT2D eigenvalue weighted by Gasteiger charge is -2.25. The van der Waals surface area contributed by atoms with Crippen LogP contribution in [-0.4, -0.2) is 18.1 Å². The second-order valence-corrected chi connectivity index (χ2v) is 6.56. The van der Waals surface area contributed by atoms with Gasteiger partial charge in [-0.1, -0.05) is 39.3 Å².